The van der Waals surface area contributed by atoms with Crippen molar-refractivity contribution >= 4 is 23.1 Å². The highest BCUT2D eigenvalue weighted by molar-refractivity contribution is 6.31. The molecule has 0 spiro atoms. The van der Waals surface area contributed by atoms with Gasteiger partial charge in [0.05, 0.1) is 0 Å². The van der Waals surface area contributed by atoms with E-state index in [9.17, 15) is 0 Å². The van der Waals surface area contributed by atoms with Gasteiger partial charge in [-0.15, -0.1) is 0 Å². The second-order valence-electron chi connectivity index (χ2n) is 4.73. The molecule has 0 heterocycles. The lowest BCUT2D eigenvalue weighted by atomic mass is 10.1. The molecule has 0 saturated carbocycles. The maximum atomic E-state index is 7.65. The lowest BCUT2D eigenvalue weighted by Gasteiger charge is -2.22. The van der Waals surface area contributed by atoms with Crippen LogP contribution in [0, 0.1) is 5.41 Å². The molecule has 2 aromatic carbocycles. The van der Waals surface area contributed by atoms with E-state index in [1.165, 1.54) is 5.56 Å². The highest BCUT2D eigenvalue weighted by Crippen LogP contribution is 2.23. The van der Waals surface area contributed by atoms with Crippen molar-refractivity contribution in [3.8, 4) is 0 Å². The number of hydrogen-bond donors (Lipinski definition) is 2. The van der Waals surface area contributed by atoms with Crippen molar-refractivity contribution < 1.29 is 0 Å². The molecule has 0 unspecified atom stereocenters. The van der Waals surface area contributed by atoms with Crippen LogP contribution in [0.2, 0.25) is 5.02 Å². The zero-order valence-corrected chi connectivity index (χ0v) is 12.2. The SMILES string of the molecule is CN(CCc1ccccc1)c1ccc(Cl)cc1C(=N)N. The number of nitrogens with two attached hydrogens (primary N) is 1. The molecule has 0 aliphatic carbocycles. The van der Waals surface area contributed by atoms with Gasteiger partial charge in [-0.3, -0.25) is 5.41 Å². The first kappa shape index (κ1) is 14.4. The fraction of sp³-hybridized carbons (Fsp3) is 0.188. The van der Waals surface area contributed by atoms with E-state index in [0.717, 1.165) is 18.7 Å². The zero-order chi connectivity index (χ0) is 14.5. The number of hydrogen-bond acceptors (Lipinski definition) is 2. The molecule has 0 radical (unpaired) electrons. The third kappa shape index (κ3) is 3.52. The summed E-state index contributed by atoms with van der Waals surface area (Å²) in [5.74, 6) is 0.0362. The Morgan fingerprint density at radius 3 is 2.55 bits per heavy atom. The molecule has 4 heteroatoms. The van der Waals surface area contributed by atoms with Gasteiger partial charge in [-0.05, 0) is 30.2 Å². The van der Waals surface area contributed by atoms with Crippen LogP contribution in [0.3, 0.4) is 0 Å². The van der Waals surface area contributed by atoms with Crippen molar-refractivity contribution in [2.24, 2.45) is 5.73 Å². The van der Waals surface area contributed by atoms with Gasteiger partial charge >= 0.3 is 0 Å². The average molecular weight is 288 g/mol. The van der Waals surface area contributed by atoms with E-state index in [-0.39, 0.29) is 5.84 Å². The van der Waals surface area contributed by atoms with Gasteiger partial charge < -0.3 is 10.6 Å². The van der Waals surface area contributed by atoms with Crippen LogP contribution < -0.4 is 10.6 Å². The maximum absolute atomic E-state index is 7.65. The van der Waals surface area contributed by atoms with Crippen molar-refractivity contribution in [1.29, 1.82) is 5.41 Å². The first-order valence-electron chi connectivity index (χ1n) is 6.47. The fourth-order valence-corrected chi connectivity index (χ4v) is 2.29. The number of halogens is 1. The number of nitrogens with zero attached hydrogens (tertiary/aromatic N) is 1. The minimum Gasteiger partial charge on any atom is -0.384 e. The van der Waals surface area contributed by atoms with Gasteiger partial charge in [-0.25, -0.2) is 0 Å². The molecule has 0 saturated heterocycles. The summed E-state index contributed by atoms with van der Waals surface area (Å²) < 4.78 is 0. The second-order valence-corrected chi connectivity index (χ2v) is 5.17. The Kier molecular flexibility index (Phi) is 4.64. The number of nitrogens with one attached hydrogen (secondary N) is 1. The van der Waals surface area contributed by atoms with Crippen molar-refractivity contribution in [3.05, 3.63) is 64.7 Å². The minimum atomic E-state index is 0.0362. The normalized spacial score (nSPS) is 10.3. The van der Waals surface area contributed by atoms with E-state index in [4.69, 9.17) is 22.7 Å². The van der Waals surface area contributed by atoms with Gasteiger partial charge in [0.2, 0.25) is 0 Å². The van der Waals surface area contributed by atoms with E-state index in [1.807, 2.05) is 37.4 Å². The molecular formula is C16H18ClN3. The molecule has 3 nitrogen and oxygen atoms in total. The number of nitrogen functional groups attached to an aromatic ring is 1. The average Bonchev–Trinajstić information content (AvgIpc) is 2.45. The van der Waals surface area contributed by atoms with Crippen LogP contribution in [0.1, 0.15) is 11.1 Å². The summed E-state index contributed by atoms with van der Waals surface area (Å²) in [5, 5.41) is 8.25. The lowest BCUT2D eigenvalue weighted by Crippen LogP contribution is -2.24. The Labute approximate surface area is 124 Å². The van der Waals surface area contributed by atoms with Crippen molar-refractivity contribution in [1.82, 2.24) is 0 Å². The Morgan fingerprint density at radius 1 is 1.20 bits per heavy atom. The largest absolute Gasteiger partial charge is 0.384 e. The molecule has 0 aliphatic rings. The molecular weight excluding hydrogens is 270 g/mol. The fourth-order valence-electron chi connectivity index (χ4n) is 2.12. The number of amidine groups is 1. The summed E-state index contributed by atoms with van der Waals surface area (Å²) in [4.78, 5) is 2.10. The Hall–Kier alpha value is -2.00. The summed E-state index contributed by atoms with van der Waals surface area (Å²) in [7, 11) is 2.00. The van der Waals surface area contributed by atoms with Gasteiger partial charge in [-0.1, -0.05) is 41.9 Å². The van der Waals surface area contributed by atoms with Crippen LogP contribution in [0.15, 0.2) is 48.5 Å². The van der Waals surface area contributed by atoms with E-state index < -0.39 is 0 Å². The van der Waals surface area contributed by atoms with Gasteiger partial charge in [0.15, 0.2) is 0 Å². The predicted octanol–water partition coefficient (Wildman–Crippen LogP) is 3.30. The molecule has 0 bridgehead atoms. The second kappa shape index (κ2) is 6.44. The molecule has 0 aliphatic heterocycles. The molecule has 0 amide bonds. The van der Waals surface area contributed by atoms with Crippen molar-refractivity contribution in [2.75, 3.05) is 18.5 Å². The molecule has 2 aromatic rings. The maximum Gasteiger partial charge on any atom is 0.124 e. The molecule has 20 heavy (non-hydrogen) atoms. The summed E-state index contributed by atoms with van der Waals surface area (Å²) in [6, 6.07) is 15.8. The minimum absolute atomic E-state index is 0.0362. The Morgan fingerprint density at radius 2 is 1.90 bits per heavy atom. The monoisotopic (exact) mass is 287 g/mol. The summed E-state index contributed by atoms with van der Waals surface area (Å²) in [6.45, 7) is 0.853. The smallest absolute Gasteiger partial charge is 0.124 e. The highest BCUT2D eigenvalue weighted by atomic mass is 35.5. The number of likely N-dealkylation sites (N-methyl/N-ethyl adjacent to an activating group) is 1. The molecule has 0 aromatic heterocycles. The number of anilines is 1. The van der Waals surface area contributed by atoms with Crippen molar-refractivity contribution in [3.63, 3.8) is 0 Å². The van der Waals surface area contributed by atoms with Crippen molar-refractivity contribution in [2.45, 2.75) is 6.42 Å². The van der Waals surface area contributed by atoms with Gasteiger partial charge in [-0.2, -0.15) is 0 Å². The van der Waals surface area contributed by atoms with E-state index >= 15 is 0 Å². The third-order valence-corrected chi connectivity index (χ3v) is 3.47. The first-order chi connectivity index (χ1) is 9.58. The molecule has 2 rings (SSSR count). The standard InChI is InChI=1S/C16H18ClN3/c1-20(10-9-12-5-3-2-4-6-12)15-8-7-13(17)11-14(15)16(18)19/h2-8,11H,9-10H2,1H3,(H3,18,19). The molecule has 0 fully saturated rings. The molecule has 3 N–H and O–H groups in total. The summed E-state index contributed by atoms with van der Waals surface area (Å²) in [6.07, 6.45) is 0.942. The lowest BCUT2D eigenvalue weighted by molar-refractivity contribution is 0.875. The van der Waals surface area contributed by atoms with Crippen LogP contribution >= 0.6 is 11.6 Å². The predicted molar refractivity (Wildman–Crippen MR) is 85.9 cm³/mol. The molecule has 104 valence electrons. The Bertz CT molecular complexity index is 596. The molecule has 0 atom stereocenters. The van der Waals surface area contributed by atoms with Crippen LogP contribution in [-0.2, 0) is 6.42 Å². The van der Waals surface area contributed by atoms with Gasteiger partial charge in [0, 0.05) is 29.9 Å². The summed E-state index contributed by atoms with van der Waals surface area (Å²) >= 11 is 5.97. The van der Waals surface area contributed by atoms with Crippen LogP contribution in [0.25, 0.3) is 0 Å². The van der Waals surface area contributed by atoms with Gasteiger partial charge in [0.25, 0.3) is 0 Å². The van der Waals surface area contributed by atoms with Crippen LogP contribution in [-0.4, -0.2) is 19.4 Å². The van der Waals surface area contributed by atoms with Crippen LogP contribution in [0.4, 0.5) is 5.69 Å². The summed E-state index contributed by atoms with van der Waals surface area (Å²) in [5.41, 5.74) is 8.52. The third-order valence-electron chi connectivity index (χ3n) is 3.24. The quantitative estimate of drug-likeness (QED) is 0.655. The number of benzene rings is 2. The Balaban J connectivity index is 2.13. The van der Waals surface area contributed by atoms with E-state index in [1.54, 1.807) is 6.07 Å². The topological polar surface area (TPSA) is 53.1 Å². The van der Waals surface area contributed by atoms with E-state index in [0.29, 0.717) is 10.6 Å². The first-order valence-corrected chi connectivity index (χ1v) is 6.84. The van der Waals surface area contributed by atoms with Gasteiger partial charge in [0.1, 0.15) is 5.84 Å². The number of rotatable bonds is 5. The van der Waals surface area contributed by atoms with Crippen LogP contribution in [0.5, 0.6) is 0 Å². The highest BCUT2D eigenvalue weighted by Gasteiger charge is 2.10. The van der Waals surface area contributed by atoms with E-state index in [2.05, 4.69) is 17.0 Å². The zero-order valence-electron chi connectivity index (χ0n) is 11.4.